The van der Waals surface area contributed by atoms with E-state index in [1.807, 2.05) is 13.8 Å². The van der Waals surface area contributed by atoms with Gasteiger partial charge in [0.05, 0.1) is 0 Å². The first-order valence-corrected chi connectivity index (χ1v) is 7.69. The summed E-state index contributed by atoms with van der Waals surface area (Å²) in [5.74, 6) is 0. The van der Waals surface area contributed by atoms with Crippen LogP contribution in [0.3, 0.4) is 0 Å². The zero-order chi connectivity index (χ0) is 11.5. The Labute approximate surface area is 101 Å². The number of nitrogens with zero attached hydrogens (tertiary/aromatic N) is 1. The molecule has 1 saturated heterocycles. The normalized spacial score (nSPS) is 22.9. The Kier molecular flexibility index (Phi) is 5.02. The zero-order valence-electron chi connectivity index (χ0n) is 9.24. The first-order chi connectivity index (χ1) is 6.92. The molecule has 0 radical (unpaired) electrons. The van der Waals surface area contributed by atoms with Crippen molar-refractivity contribution < 1.29 is 8.42 Å². The maximum Gasteiger partial charge on any atom is 0.279 e. The molecule has 0 bridgehead atoms. The van der Waals surface area contributed by atoms with Gasteiger partial charge in [-0.15, -0.1) is 0 Å². The van der Waals surface area contributed by atoms with Crippen LogP contribution in [0.2, 0.25) is 0 Å². The number of hydrogen-bond donors (Lipinski definition) is 1. The molecule has 0 aliphatic carbocycles. The van der Waals surface area contributed by atoms with E-state index in [2.05, 4.69) is 20.7 Å². The molecule has 1 aliphatic rings. The van der Waals surface area contributed by atoms with Gasteiger partial charge < -0.3 is 0 Å². The Balaban J connectivity index is 2.48. The van der Waals surface area contributed by atoms with Crippen molar-refractivity contribution in [2.45, 2.75) is 44.0 Å². The number of halogens is 1. The summed E-state index contributed by atoms with van der Waals surface area (Å²) < 4.78 is 27.9. The summed E-state index contributed by atoms with van der Waals surface area (Å²) in [6, 6.07) is -0.0232. The highest BCUT2D eigenvalue weighted by molar-refractivity contribution is 9.09. The molecule has 4 nitrogen and oxygen atoms in total. The fraction of sp³-hybridized carbons (Fsp3) is 1.00. The largest absolute Gasteiger partial charge is 0.279 e. The van der Waals surface area contributed by atoms with E-state index in [1.54, 1.807) is 0 Å². The van der Waals surface area contributed by atoms with E-state index >= 15 is 0 Å². The smallest absolute Gasteiger partial charge is 0.199 e. The Morgan fingerprint density at radius 1 is 1.33 bits per heavy atom. The highest BCUT2D eigenvalue weighted by atomic mass is 79.9. The Bertz CT molecular complexity index is 286. The molecule has 90 valence electrons. The number of alkyl halides is 1. The first-order valence-electron chi connectivity index (χ1n) is 5.33. The maximum atomic E-state index is 11.8. The summed E-state index contributed by atoms with van der Waals surface area (Å²) in [4.78, 5) is 0.328. The van der Waals surface area contributed by atoms with Gasteiger partial charge in [0, 0.05) is 24.0 Å². The van der Waals surface area contributed by atoms with Gasteiger partial charge in [-0.3, -0.25) is 0 Å². The van der Waals surface area contributed by atoms with E-state index in [9.17, 15) is 8.42 Å². The molecule has 1 aliphatic heterocycles. The summed E-state index contributed by atoms with van der Waals surface area (Å²) in [6.07, 6.45) is 2.75. The van der Waals surface area contributed by atoms with Crippen LogP contribution in [-0.4, -0.2) is 36.7 Å². The van der Waals surface area contributed by atoms with Crippen LogP contribution < -0.4 is 4.72 Å². The third-order valence-electron chi connectivity index (χ3n) is 2.43. The second kappa shape index (κ2) is 5.61. The summed E-state index contributed by atoms with van der Waals surface area (Å²) in [7, 11) is -3.24. The van der Waals surface area contributed by atoms with Crippen LogP contribution in [0.4, 0.5) is 0 Å². The fourth-order valence-electron chi connectivity index (χ4n) is 1.79. The third kappa shape index (κ3) is 4.38. The van der Waals surface area contributed by atoms with E-state index < -0.39 is 10.2 Å². The predicted octanol–water partition coefficient (Wildman–Crippen LogP) is 1.48. The number of rotatable bonds is 5. The lowest BCUT2D eigenvalue weighted by molar-refractivity contribution is 0.451. The summed E-state index contributed by atoms with van der Waals surface area (Å²) in [5.41, 5.74) is 0. The third-order valence-corrected chi connectivity index (χ3v) is 4.55. The molecule has 1 N–H and O–H groups in total. The fourth-order valence-corrected chi connectivity index (χ4v) is 3.85. The molecule has 0 spiro atoms. The minimum absolute atomic E-state index is 0.0232. The van der Waals surface area contributed by atoms with Gasteiger partial charge in [-0.25, -0.2) is 0 Å². The average molecular weight is 299 g/mol. The van der Waals surface area contributed by atoms with Gasteiger partial charge in [0.15, 0.2) is 0 Å². The van der Waals surface area contributed by atoms with Crippen molar-refractivity contribution in [3.8, 4) is 0 Å². The lowest BCUT2D eigenvalue weighted by Crippen LogP contribution is -2.43. The van der Waals surface area contributed by atoms with Crippen LogP contribution in [0, 0.1) is 0 Å². The van der Waals surface area contributed by atoms with Crippen LogP contribution in [0.25, 0.3) is 0 Å². The summed E-state index contributed by atoms with van der Waals surface area (Å²) >= 11 is 3.42. The van der Waals surface area contributed by atoms with Crippen molar-refractivity contribution in [3.63, 3.8) is 0 Å². The zero-order valence-corrected chi connectivity index (χ0v) is 11.6. The SMILES string of the molecule is CC(Br)CC(C)NS(=O)(=O)N1CCCC1. The van der Waals surface area contributed by atoms with E-state index in [1.165, 1.54) is 4.31 Å². The van der Waals surface area contributed by atoms with Gasteiger partial charge in [-0.1, -0.05) is 22.9 Å². The van der Waals surface area contributed by atoms with Gasteiger partial charge in [0.25, 0.3) is 10.2 Å². The van der Waals surface area contributed by atoms with E-state index in [-0.39, 0.29) is 6.04 Å². The molecule has 15 heavy (non-hydrogen) atoms. The quantitative estimate of drug-likeness (QED) is 0.782. The second-order valence-electron chi connectivity index (χ2n) is 4.15. The van der Waals surface area contributed by atoms with Gasteiger partial charge in [-0.05, 0) is 26.2 Å². The molecule has 1 rings (SSSR count). The lowest BCUT2D eigenvalue weighted by Gasteiger charge is -2.20. The monoisotopic (exact) mass is 298 g/mol. The van der Waals surface area contributed by atoms with E-state index in [4.69, 9.17) is 0 Å². The van der Waals surface area contributed by atoms with Gasteiger partial charge in [-0.2, -0.15) is 17.4 Å². The molecule has 0 amide bonds. The minimum atomic E-state index is -3.24. The molecule has 2 unspecified atom stereocenters. The number of hydrogen-bond acceptors (Lipinski definition) is 2. The van der Waals surface area contributed by atoms with E-state index in [0.717, 1.165) is 19.3 Å². The van der Waals surface area contributed by atoms with Crippen molar-refractivity contribution in [1.82, 2.24) is 9.03 Å². The first kappa shape index (κ1) is 13.4. The number of nitrogens with one attached hydrogen (secondary N) is 1. The van der Waals surface area contributed by atoms with Crippen molar-refractivity contribution in [2.75, 3.05) is 13.1 Å². The highest BCUT2D eigenvalue weighted by Crippen LogP contribution is 2.13. The molecular weight excluding hydrogens is 280 g/mol. The summed E-state index contributed by atoms with van der Waals surface area (Å²) in [5, 5.41) is 0. The van der Waals surface area contributed by atoms with Crippen LogP contribution in [-0.2, 0) is 10.2 Å². The molecule has 0 aromatic rings. The molecular formula is C9H19BrN2O2S. The van der Waals surface area contributed by atoms with Crippen molar-refractivity contribution >= 4 is 26.1 Å². The van der Waals surface area contributed by atoms with Crippen molar-refractivity contribution in [2.24, 2.45) is 0 Å². The molecule has 1 heterocycles. The Morgan fingerprint density at radius 2 is 1.87 bits per heavy atom. The van der Waals surface area contributed by atoms with Crippen LogP contribution in [0.15, 0.2) is 0 Å². The van der Waals surface area contributed by atoms with Crippen molar-refractivity contribution in [1.29, 1.82) is 0 Å². The molecule has 0 saturated carbocycles. The van der Waals surface area contributed by atoms with Crippen molar-refractivity contribution in [3.05, 3.63) is 0 Å². The second-order valence-corrected chi connectivity index (χ2v) is 7.41. The Morgan fingerprint density at radius 3 is 2.33 bits per heavy atom. The van der Waals surface area contributed by atoms with E-state index in [0.29, 0.717) is 17.9 Å². The van der Waals surface area contributed by atoms with Gasteiger partial charge in [0.2, 0.25) is 0 Å². The topological polar surface area (TPSA) is 49.4 Å². The molecule has 0 aromatic carbocycles. The molecule has 2 atom stereocenters. The minimum Gasteiger partial charge on any atom is -0.199 e. The molecule has 0 aromatic heterocycles. The predicted molar refractivity (Wildman–Crippen MR) is 65.3 cm³/mol. The van der Waals surface area contributed by atoms with Crippen LogP contribution in [0.5, 0.6) is 0 Å². The lowest BCUT2D eigenvalue weighted by atomic mass is 10.2. The molecule has 1 fully saturated rings. The van der Waals surface area contributed by atoms with Gasteiger partial charge in [0.1, 0.15) is 0 Å². The highest BCUT2D eigenvalue weighted by Gasteiger charge is 2.26. The maximum absolute atomic E-state index is 11.8. The average Bonchev–Trinajstić information content (AvgIpc) is 2.51. The molecule has 6 heteroatoms. The van der Waals surface area contributed by atoms with Gasteiger partial charge >= 0.3 is 0 Å². The summed E-state index contributed by atoms with van der Waals surface area (Å²) in [6.45, 7) is 5.23. The standard InChI is InChI=1S/C9H19BrN2O2S/c1-8(10)7-9(2)11-15(13,14)12-5-3-4-6-12/h8-9,11H,3-7H2,1-2H3. The Hall–Kier alpha value is 0.350. The van der Waals surface area contributed by atoms with Crippen LogP contribution >= 0.6 is 15.9 Å². The van der Waals surface area contributed by atoms with Crippen LogP contribution in [0.1, 0.15) is 33.1 Å².